The number of halogens is 1. The Labute approximate surface area is 153 Å². The van der Waals surface area contributed by atoms with E-state index in [0.717, 1.165) is 4.88 Å². The lowest BCUT2D eigenvalue weighted by Crippen LogP contribution is -2.27. The number of para-hydroxylation sites is 1. The number of likely N-dealkylation sites (N-methyl/N-ethyl adjacent to an activating group) is 1. The van der Waals surface area contributed by atoms with Crippen molar-refractivity contribution in [3.05, 3.63) is 52.4 Å². The number of thiophene rings is 1. The van der Waals surface area contributed by atoms with Gasteiger partial charge in [-0.25, -0.2) is 9.78 Å². The largest absolute Gasteiger partial charge is 0.452 e. The van der Waals surface area contributed by atoms with Gasteiger partial charge in [0.25, 0.3) is 5.91 Å². The molecule has 1 aromatic carbocycles. The zero-order chi connectivity index (χ0) is 18.0. The lowest BCUT2D eigenvalue weighted by atomic mass is 10.1. The summed E-state index contributed by atoms with van der Waals surface area (Å²) >= 11 is 7.38. The van der Waals surface area contributed by atoms with Gasteiger partial charge in [-0.3, -0.25) is 4.79 Å². The van der Waals surface area contributed by atoms with E-state index >= 15 is 0 Å². The molecule has 0 saturated carbocycles. The third-order valence-corrected chi connectivity index (χ3v) is 4.84. The Balaban J connectivity index is 2.00. The minimum atomic E-state index is -0.558. The Morgan fingerprint density at radius 1 is 1.20 bits per heavy atom. The first-order chi connectivity index (χ1) is 12.0. The van der Waals surface area contributed by atoms with Crippen molar-refractivity contribution in [3.63, 3.8) is 0 Å². The normalized spacial score (nSPS) is 10.7. The lowest BCUT2D eigenvalue weighted by molar-refractivity contribution is -0.131. The van der Waals surface area contributed by atoms with Gasteiger partial charge in [0.05, 0.1) is 26.0 Å². The Bertz CT molecular complexity index is 952. The highest BCUT2D eigenvalue weighted by molar-refractivity contribution is 7.19. The van der Waals surface area contributed by atoms with E-state index in [9.17, 15) is 9.59 Å². The number of carbonyl (C=O) groups is 2. The molecule has 0 aliphatic heterocycles. The monoisotopic (exact) mass is 374 g/mol. The fourth-order valence-electron chi connectivity index (χ4n) is 2.26. The van der Waals surface area contributed by atoms with E-state index in [1.165, 1.54) is 16.2 Å². The summed E-state index contributed by atoms with van der Waals surface area (Å²) in [4.78, 5) is 31.0. The first kappa shape index (κ1) is 17.4. The van der Waals surface area contributed by atoms with Gasteiger partial charge in [-0.15, -0.1) is 11.3 Å². The standard InChI is InChI=1S/C18H15ClN2O3S/c1-21(2)17(22)10-24-18(23)12-9-14(15-7-8-16(19)25-15)20-13-6-4-3-5-11(12)13/h3-9H,10H2,1-2H3. The predicted molar refractivity (Wildman–Crippen MR) is 99.0 cm³/mol. The molecule has 25 heavy (non-hydrogen) atoms. The summed E-state index contributed by atoms with van der Waals surface area (Å²) < 4.78 is 5.82. The predicted octanol–water partition coefficient (Wildman–Crippen LogP) is 3.86. The van der Waals surface area contributed by atoms with Crippen LogP contribution in [0.15, 0.2) is 42.5 Å². The number of nitrogens with zero attached hydrogens (tertiary/aromatic N) is 2. The number of carbonyl (C=O) groups excluding carboxylic acids is 2. The fraction of sp³-hybridized carbons (Fsp3) is 0.167. The van der Waals surface area contributed by atoms with Crippen molar-refractivity contribution in [1.82, 2.24) is 9.88 Å². The van der Waals surface area contributed by atoms with Crippen LogP contribution < -0.4 is 0 Å². The molecule has 3 rings (SSSR count). The number of fused-ring (bicyclic) bond motifs is 1. The van der Waals surface area contributed by atoms with Crippen LogP contribution in [0.4, 0.5) is 0 Å². The van der Waals surface area contributed by atoms with E-state index in [-0.39, 0.29) is 12.5 Å². The molecule has 0 spiro atoms. The highest BCUT2D eigenvalue weighted by Gasteiger charge is 2.17. The molecule has 0 fully saturated rings. The van der Waals surface area contributed by atoms with Crippen molar-refractivity contribution in [1.29, 1.82) is 0 Å². The number of aromatic nitrogens is 1. The second-order valence-electron chi connectivity index (χ2n) is 5.54. The highest BCUT2D eigenvalue weighted by Crippen LogP contribution is 2.32. The van der Waals surface area contributed by atoms with Crippen molar-refractivity contribution in [2.24, 2.45) is 0 Å². The molecule has 0 bridgehead atoms. The average Bonchev–Trinajstić information content (AvgIpc) is 3.04. The Morgan fingerprint density at radius 3 is 2.64 bits per heavy atom. The van der Waals surface area contributed by atoms with E-state index < -0.39 is 5.97 Å². The van der Waals surface area contributed by atoms with Gasteiger partial charge < -0.3 is 9.64 Å². The molecule has 2 aromatic heterocycles. The molecule has 1 amide bonds. The third kappa shape index (κ3) is 3.81. The topological polar surface area (TPSA) is 59.5 Å². The van der Waals surface area contributed by atoms with Crippen molar-refractivity contribution >= 4 is 45.7 Å². The van der Waals surface area contributed by atoms with E-state index in [0.29, 0.717) is 26.5 Å². The van der Waals surface area contributed by atoms with Gasteiger partial charge in [0.15, 0.2) is 6.61 Å². The maximum atomic E-state index is 12.5. The highest BCUT2D eigenvalue weighted by atomic mass is 35.5. The zero-order valence-corrected chi connectivity index (χ0v) is 15.2. The number of amides is 1. The van der Waals surface area contributed by atoms with Crippen LogP contribution in [0.1, 0.15) is 10.4 Å². The molecule has 0 N–H and O–H groups in total. The van der Waals surface area contributed by atoms with E-state index in [4.69, 9.17) is 16.3 Å². The third-order valence-electron chi connectivity index (χ3n) is 3.59. The van der Waals surface area contributed by atoms with Crippen LogP contribution in [0.5, 0.6) is 0 Å². The minimum absolute atomic E-state index is 0.281. The number of benzene rings is 1. The van der Waals surface area contributed by atoms with Crippen LogP contribution in [0, 0.1) is 0 Å². The molecule has 0 saturated heterocycles. The quantitative estimate of drug-likeness (QED) is 0.650. The summed E-state index contributed by atoms with van der Waals surface area (Å²) in [5.74, 6) is -0.838. The van der Waals surface area contributed by atoms with Crippen LogP contribution in [-0.2, 0) is 9.53 Å². The zero-order valence-electron chi connectivity index (χ0n) is 13.7. The van der Waals surface area contributed by atoms with Crippen LogP contribution >= 0.6 is 22.9 Å². The molecule has 0 aliphatic carbocycles. The van der Waals surface area contributed by atoms with Gasteiger partial charge >= 0.3 is 5.97 Å². The number of rotatable bonds is 4. The van der Waals surface area contributed by atoms with Crippen molar-refractivity contribution in [2.45, 2.75) is 0 Å². The number of ether oxygens (including phenoxy) is 1. The number of hydrogen-bond donors (Lipinski definition) is 0. The maximum Gasteiger partial charge on any atom is 0.339 e. The van der Waals surface area contributed by atoms with E-state index in [2.05, 4.69) is 4.98 Å². The van der Waals surface area contributed by atoms with Crippen LogP contribution in [-0.4, -0.2) is 42.5 Å². The molecule has 3 aromatic rings. The second kappa shape index (κ2) is 7.21. The summed E-state index contributed by atoms with van der Waals surface area (Å²) in [6, 6.07) is 12.6. The fourth-order valence-corrected chi connectivity index (χ4v) is 3.26. The van der Waals surface area contributed by atoms with Gasteiger partial charge in [0.2, 0.25) is 0 Å². The number of hydrogen-bond acceptors (Lipinski definition) is 5. The number of pyridine rings is 1. The summed E-state index contributed by atoms with van der Waals surface area (Å²) in [7, 11) is 3.22. The molecule has 5 nitrogen and oxygen atoms in total. The first-order valence-corrected chi connectivity index (χ1v) is 8.68. The van der Waals surface area contributed by atoms with Crippen LogP contribution in [0.2, 0.25) is 4.34 Å². The molecule has 128 valence electrons. The summed E-state index contributed by atoms with van der Waals surface area (Å²) in [6.45, 7) is -0.303. The van der Waals surface area contributed by atoms with Gasteiger partial charge in [-0.1, -0.05) is 29.8 Å². The maximum absolute atomic E-state index is 12.5. The Morgan fingerprint density at radius 2 is 1.96 bits per heavy atom. The molecule has 7 heteroatoms. The summed E-state index contributed by atoms with van der Waals surface area (Å²) in [6.07, 6.45) is 0. The molecule has 0 unspecified atom stereocenters. The molecule has 2 heterocycles. The minimum Gasteiger partial charge on any atom is -0.452 e. The Hall–Kier alpha value is -2.44. The first-order valence-electron chi connectivity index (χ1n) is 7.48. The van der Waals surface area contributed by atoms with E-state index in [1.54, 1.807) is 32.3 Å². The van der Waals surface area contributed by atoms with Crippen molar-refractivity contribution < 1.29 is 14.3 Å². The second-order valence-corrected chi connectivity index (χ2v) is 7.26. The SMILES string of the molecule is CN(C)C(=O)COC(=O)c1cc(-c2ccc(Cl)s2)nc2ccccc12. The molecule has 0 aliphatic rings. The molecular formula is C18H15ClN2O3S. The van der Waals surface area contributed by atoms with Crippen molar-refractivity contribution in [2.75, 3.05) is 20.7 Å². The molecule has 0 radical (unpaired) electrons. The van der Waals surface area contributed by atoms with Crippen LogP contribution in [0.25, 0.3) is 21.5 Å². The summed E-state index contributed by atoms with van der Waals surface area (Å²) in [5, 5.41) is 0.677. The van der Waals surface area contributed by atoms with E-state index in [1.807, 2.05) is 24.3 Å². The summed E-state index contributed by atoms with van der Waals surface area (Å²) in [5.41, 5.74) is 1.69. The van der Waals surface area contributed by atoms with Gasteiger partial charge in [-0.2, -0.15) is 0 Å². The molecular weight excluding hydrogens is 360 g/mol. The average molecular weight is 375 g/mol. The van der Waals surface area contributed by atoms with Crippen LogP contribution in [0.3, 0.4) is 0 Å². The number of esters is 1. The smallest absolute Gasteiger partial charge is 0.339 e. The Kier molecular flexibility index (Phi) is 5.01. The van der Waals surface area contributed by atoms with Gasteiger partial charge in [0, 0.05) is 19.5 Å². The van der Waals surface area contributed by atoms with Crippen molar-refractivity contribution in [3.8, 4) is 10.6 Å². The molecule has 0 atom stereocenters. The lowest BCUT2D eigenvalue weighted by Gasteiger charge is -2.12. The van der Waals surface area contributed by atoms with Gasteiger partial charge in [0.1, 0.15) is 0 Å². The van der Waals surface area contributed by atoms with Gasteiger partial charge in [-0.05, 0) is 24.3 Å².